The molecule has 0 fully saturated rings. The minimum atomic E-state index is 0. The highest BCUT2D eigenvalue weighted by Gasteiger charge is 2.29. The minimum absolute atomic E-state index is 0. The molecule has 1 aliphatic carbocycles. The monoisotopic (exact) mass is 402 g/mol. The zero-order valence-electron chi connectivity index (χ0n) is 16.3. The maximum atomic E-state index is 6.35. The lowest BCUT2D eigenvalue weighted by atomic mass is 9.76. The van der Waals surface area contributed by atoms with Crippen LogP contribution in [0.25, 0.3) is 22.0 Å². The number of aromatic nitrogens is 1. The third kappa shape index (κ3) is 3.22. The van der Waals surface area contributed by atoms with E-state index in [1.165, 1.54) is 27.6 Å². The fraction of sp³-hybridized carbons (Fsp3) is 0.160. The summed E-state index contributed by atoms with van der Waals surface area (Å²) >= 11 is 0. The van der Waals surface area contributed by atoms with Crippen LogP contribution in [0.4, 0.5) is 5.82 Å². The number of pyridine rings is 1. The van der Waals surface area contributed by atoms with Crippen LogP contribution in [0.5, 0.6) is 5.75 Å². The topological polar surface area (TPSA) is 48.1 Å². The number of benzene rings is 3. The maximum absolute atomic E-state index is 6.35. The molecule has 3 nitrogen and oxygen atoms in total. The van der Waals surface area contributed by atoms with Crippen LogP contribution in [-0.2, 0) is 6.42 Å². The van der Waals surface area contributed by atoms with E-state index in [1.54, 1.807) is 0 Å². The van der Waals surface area contributed by atoms with E-state index in [2.05, 4.69) is 66.7 Å². The van der Waals surface area contributed by atoms with Crippen LogP contribution >= 0.6 is 12.4 Å². The molecule has 0 saturated carbocycles. The molecule has 0 spiro atoms. The molecule has 0 amide bonds. The zero-order chi connectivity index (χ0) is 19.1. The Morgan fingerprint density at radius 2 is 1.62 bits per heavy atom. The lowest BCUT2D eigenvalue weighted by Gasteiger charge is -2.29. The molecule has 0 aliphatic heterocycles. The molecule has 3 aromatic carbocycles. The van der Waals surface area contributed by atoms with Gasteiger partial charge in [-0.2, -0.15) is 0 Å². The lowest BCUT2D eigenvalue weighted by molar-refractivity contribution is 0.340. The molecule has 1 atom stereocenters. The van der Waals surface area contributed by atoms with Crippen LogP contribution in [0.3, 0.4) is 0 Å². The van der Waals surface area contributed by atoms with E-state index >= 15 is 0 Å². The average Bonchev–Trinajstić information content (AvgIpc) is 2.74. The Labute approximate surface area is 177 Å². The van der Waals surface area contributed by atoms with Gasteiger partial charge in [0.15, 0.2) is 0 Å². The van der Waals surface area contributed by atoms with Crippen molar-refractivity contribution in [1.29, 1.82) is 0 Å². The van der Waals surface area contributed by atoms with Gasteiger partial charge in [-0.15, -0.1) is 12.4 Å². The van der Waals surface area contributed by atoms with Crippen molar-refractivity contribution < 1.29 is 4.74 Å². The Morgan fingerprint density at radius 1 is 0.931 bits per heavy atom. The third-order valence-corrected chi connectivity index (χ3v) is 5.62. The van der Waals surface area contributed by atoms with E-state index in [0.717, 1.165) is 23.3 Å². The van der Waals surface area contributed by atoms with Crippen LogP contribution in [-0.4, -0.2) is 11.6 Å². The summed E-state index contributed by atoms with van der Waals surface area (Å²) in [5.74, 6) is 1.73. The Bertz CT molecular complexity index is 1170. The number of hydrogen-bond donors (Lipinski definition) is 1. The van der Waals surface area contributed by atoms with Crippen molar-refractivity contribution in [2.45, 2.75) is 19.3 Å². The van der Waals surface area contributed by atoms with Gasteiger partial charge in [0.25, 0.3) is 0 Å². The quantitative estimate of drug-likeness (QED) is 0.457. The predicted molar refractivity (Wildman–Crippen MR) is 122 cm³/mol. The molecule has 146 valence electrons. The predicted octanol–water partition coefficient (Wildman–Crippen LogP) is 5.99. The lowest BCUT2D eigenvalue weighted by Crippen LogP contribution is -2.15. The first-order valence-electron chi connectivity index (χ1n) is 9.75. The molecule has 1 heterocycles. The van der Waals surface area contributed by atoms with E-state index in [1.807, 2.05) is 13.0 Å². The molecular formula is C25H23ClN2O. The van der Waals surface area contributed by atoms with Gasteiger partial charge in [-0.3, -0.25) is 0 Å². The zero-order valence-corrected chi connectivity index (χ0v) is 17.1. The molecule has 4 aromatic rings. The van der Waals surface area contributed by atoms with Crippen molar-refractivity contribution in [3.63, 3.8) is 0 Å². The van der Waals surface area contributed by atoms with Gasteiger partial charge in [-0.25, -0.2) is 4.98 Å². The number of hydrogen-bond acceptors (Lipinski definition) is 3. The highest BCUT2D eigenvalue weighted by atomic mass is 35.5. The summed E-state index contributed by atoms with van der Waals surface area (Å²) in [5, 5.41) is 2.22. The second-order valence-electron chi connectivity index (χ2n) is 7.22. The first-order chi connectivity index (χ1) is 13.8. The molecule has 5 rings (SSSR count). The highest BCUT2D eigenvalue weighted by molar-refractivity contribution is 5.98. The Balaban J connectivity index is 0.00000205. The van der Waals surface area contributed by atoms with Crippen molar-refractivity contribution in [3.8, 4) is 17.0 Å². The van der Waals surface area contributed by atoms with Crippen molar-refractivity contribution in [2.75, 3.05) is 12.3 Å². The summed E-state index contributed by atoms with van der Waals surface area (Å²) < 4.78 is 5.63. The maximum Gasteiger partial charge on any atom is 0.131 e. The van der Waals surface area contributed by atoms with Gasteiger partial charge in [-0.1, -0.05) is 60.7 Å². The van der Waals surface area contributed by atoms with Gasteiger partial charge >= 0.3 is 0 Å². The summed E-state index contributed by atoms with van der Waals surface area (Å²) in [6.45, 7) is 2.68. The summed E-state index contributed by atoms with van der Waals surface area (Å²) in [6.07, 6.45) is 0.951. The highest BCUT2D eigenvalue weighted by Crippen LogP contribution is 2.46. The Kier molecular flexibility index (Phi) is 5.16. The number of halogens is 1. The molecule has 1 unspecified atom stereocenters. The van der Waals surface area contributed by atoms with E-state index in [0.29, 0.717) is 12.4 Å². The van der Waals surface area contributed by atoms with E-state index in [4.69, 9.17) is 15.5 Å². The molecule has 0 radical (unpaired) electrons. The smallest absolute Gasteiger partial charge is 0.131 e. The van der Waals surface area contributed by atoms with Gasteiger partial charge in [-0.05, 0) is 47.6 Å². The number of anilines is 1. The first kappa shape index (κ1) is 19.3. The number of ether oxygens (including phenoxy) is 1. The largest absolute Gasteiger partial charge is 0.494 e. The van der Waals surface area contributed by atoms with E-state index < -0.39 is 0 Å². The summed E-state index contributed by atoms with van der Waals surface area (Å²) in [7, 11) is 0. The summed E-state index contributed by atoms with van der Waals surface area (Å²) in [6, 6.07) is 25.4. The molecular weight excluding hydrogens is 380 g/mol. The van der Waals surface area contributed by atoms with E-state index in [9.17, 15) is 0 Å². The van der Waals surface area contributed by atoms with Gasteiger partial charge in [0.05, 0.1) is 12.3 Å². The molecule has 2 N–H and O–H groups in total. The molecule has 0 saturated heterocycles. The molecule has 1 aromatic heterocycles. The standard InChI is InChI=1S/C25H22N2O.ClH/c1-2-28-18-13-11-16(12-14-18)22-15-17-7-3-4-8-19(17)24-23(22)20-9-5-6-10-21(20)25(26)27-24;/h3-14,22H,2,15H2,1H3,(H2,26,27);1H. The molecule has 0 bridgehead atoms. The van der Waals surface area contributed by atoms with Crippen LogP contribution in [0.15, 0.2) is 72.8 Å². The number of fused-ring (bicyclic) bond motifs is 5. The van der Waals surface area contributed by atoms with Crippen molar-refractivity contribution >= 4 is 29.0 Å². The SMILES string of the molecule is CCOc1ccc(C2Cc3ccccc3-c3nc(N)c4ccccc4c32)cc1.Cl. The van der Waals surface area contributed by atoms with Crippen LogP contribution in [0, 0.1) is 0 Å². The first-order valence-corrected chi connectivity index (χ1v) is 9.75. The van der Waals surface area contributed by atoms with Crippen LogP contribution in [0.2, 0.25) is 0 Å². The van der Waals surface area contributed by atoms with Gasteiger partial charge in [0, 0.05) is 16.9 Å². The van der Waals surface area contributed by atoms with Crippen molar-refractivity contribution in [2.24, 2.45) is 0 Å². The number of nitrogen functional groups attached to an aromatic ring is 1. The second-order valence-corrected chi connectivity index (χ2v) is 7.22. The number of nitrogens with two attached hydrogens (primary N) is 1. The van der Waals surface area contributed by atoms with E-state index in [-0.39, 0.29) is 18.3 Å². The molecule has 4 heteroatoms. The van der Waals surface area contributed by atoms with Gasteiger partial charge in [0.1, 0.15) is 11.6 Å². The fourth-order valence-electron chi connectivity index (χ4n) is 4.37. The summed E-state index contributed by atoms with van der Waals surface area (Å²) in [5.41, 5.74) is 12.4. The van der Waals surface area contributed by atoms with Crippen molar-refractivity contribution in [1.82, 2.24) is 4.98 Å². The Hall–Kier alpha value is -3.04. The average molecular weight is 403 g/mol. The number of rotatable bonds is 3. The van der Waals surface area contributed by atoms with Crippen LogP contribution in [0.1, 0.15) is 29.5 Å². The molecule has 29 heavy (non-hydrogen) atoms. The Morgan fingerprint density at radius 3 is 2.38 bits per heavy atom. The van der Waals surface area contributed by atoms with Gasteiger partial charge in [0.2, 0.25) is 0 Å². The second kappa shape index (κ2) is 7.76. The molecule has 1 aliphatic rings. The summed E-state index contributed by atoms with van der Waals surface area (Å²) in [4.78, 5) is 4.86. The van der Waals surface area contributed by atoms with Gasteiger partial charge < -0.3 is 10.5 Å². The third-order valence-electron chi connectivity index (χ3n) is 5.62. The van der Waals surface area contributed by atoms with Crippen LogP contribution < -0.4 is 10.5 Å². The minimum Gasteiger partial charge on any atom is -0.494 e. The fourth-order valence-corrected chi connectivity index (χ4v) is 4.37. The number of nitrogens with zero attached hydrogens (tertiary/aromatic N) is 1. The van der Waals surface area contributed by atoms with Crippen molar-refractivity contribution in [3.05, 3.63) is 89.5 Å². The normalized spacial score (nSPS) is 14.6.